The Balaban J connectivity index is 2.10. The van der Waals surface area contributed by atoms with Crippen molar-refractivity contribution in [3.05, 3.63) is 59.7 Å². The molecule has 0 aliphatic heterocycles. The maximum Gasteiger partial charge on any atom is -0.0102 e. The van der Waals surface area contributed by atoms with Crippen LogP contribution in [-0.4, -0.2) is 0 Å². The second-order valence-corrected chi connectivity index (χ2v) is 6.47. The lowest BCUT2D eigenvalue weighted by molar-refractivity contribution is 0.452. The van der Waals surface area contributed by atoms with Crippen LogP contribution in [-0.2, 0) is 6.42 Å². The van der Waals surface area contributed by atoms with E-state index in [0.717, 1.165) is 5.92 Å². The van der Waals surface area contributed by atoms with E-state index in [4.69, 9.17) is 0 Å². The molecule has 0 bridgehead atoms. The molecule has 0 amide bonds. The molecule has 3 aromatic carbocycles. The van der Waals surface area contributed by atoms with Gasteiger partial charge < -0.3 is 0 Å². The van der Waals surface area contributed by atoms with Gasteiger partial charge in [-0.15, -0.1) is 0 Å². The first-order chi connectivity index (χ1) is 9.74. The van der Waals surface area contributed by atoms with Gasteiger partial charge in [-0.1, -0.05) is 62.4 Å². The van der Waals surface area contributed by atoms with Crippen LogP contribution in [0.3, 0.4) is 0 Å². The Kier molecular flexibility index (Phi) is 2.60. The van der Waals surface area contributed by atoms with Crippen LogP contribution in [0, 0.1) is 5.92 Å². The zero-order valence-electron chi connectivity index (χ0n) is 12.2. The van der Waals surface area contributed by atoms with Gasteiger partial charge in [-0.2, -0.15) is 0 Å². The molecule has 0 nitrogen and oxygen atoms in total. The molecule has 0 fully saturated rings. The Hall–Kier alpha value is -1.82. The molecule has 0 saturated heterocycles. The molecule has 0 N–H and O–H groups in total. The summed E-state index contributed by atoms with van der Waals surface area (Å²) in [7, 11) is 0. The summed E-state index contributed by atoms with van der Waals surface area (Å²) < 4.78 is 0. The maximum absolute atomic E-state index is 2.39. The Bertz CT molecular complexity index is 798. The van der Waals surface area contributed by atoms with Gasteiger partial charge >= 0.3 is 0 Å². The van der Waals surface area contributed by atoms with Crippen molar-refractivity contribution in [1.82, 2.24) is 0 Å². The third-order valence-electron chi connectivity index (χ3n) is 4.88. The minimum Gasteiger partial charge on any atom is -0.0622 e. The lowest BCUT2D eigenvalue weighted by Crippen LogP contribution is -2.15. The van der Waals surface area contributed by atoms with Crippen molar-refractivity contribution in [2.45, 2.75) is 32.6 Å². The average Bonchev–Trinajstić information content (AvgIpc) is 2.46. The number of hydrogen-bond donors (Lipinski definition) is 0. The van der Waals surface area contributed by atoms with E-state index in [2.05, 4.69) is 62.4 Å². The summed E-state index contributed by atoms with van der Waals surface area (Å²) in [6.07, 6.45) is 2.56. The quantitative estimate of drug-likeness (QED) is 0.456. The molecule has 0 heteroatoms. The molecule has 2 unspecified atom stereocenters. The van der Waals surface area contributed by atoms with E-state index < -0.39 is 0 Å². The molecule has 0 spiro atoms. The first-order valence-electron chi connectivity index (χ1n) is 7.67. The molecule has 20 heavy (non-hydrogen) atoms. The topological polar surface area (TPSA) is 0 Å². The van der Waals surface area contributed by atoms with Crippen molar-refractivity contribution < 1.29 is 0 Å². The predicted molar refractivity (Wildman–Crippen MR) is 87.4 cm³/mol. The summed E-state index contributed by atoms with van der Waals surface area (Å²) in [5, 5.41) is 5.62. The highest BCUT2D eigenvalue weighted by Crippen LogP contribution is 2.40. The number of hydrogen-bond acceptors (Lipinski definition) is 0. The molecule has 0 saturated carbocycles. The van der Waals surface area contributed by atoms with Crippen LogP contribution in [0.2, 0.25) is 0 Å². The summed E-state index contributed by atoms with van der Waals surface area (Å²) >= 11 is 0. The van der Waals surface area contributed by atoms with E-state index in [1.54, 1.807) is 11.1 Å². The Morgan fingerprint density at radius 3 is 2.50 bits per heavy atom. The summed E-state index contributed by atoms with van der Waals surface area (Å²) in [4.78, 5) is 0. The molecule has 0 aromatic heterocycles. The molecular formula is C20H20. The molecule has 0 heterocycles. The van der Waals surface area contributed by atoms with Crippen LogP contribution in [0.1, 0.15) is 37.3 Å². The van der Waals surface area contributed by atoms with Gasteiger partial charge in [0.05, 0.1) is 0 Å². The minimum absolute atomic E-state index is 0.679. The summed E-state index contributed by atoms with van der Waals surface area (Å²) in [5.41, 5.74) is 3.17. The minimum atomic E-state index is 0.679. The Morgan fingerprint density at radius 2 is 1.60 bits per heavy atom. The smallest absolute Gasteiger partial charge is 0.0102 e. The lowest BCUT2D eigenvalue weighted by Gasteiger charge is -2.29. The van der Waals surface area contributed by atoms with Crippen molar-refractivity contribution in [1.29, 1.82) is 0 Å². The van der Waals surface area contributed by atoms with Gasteiger partial charge in [0.15, 0.2) is 0 Å². The van der Waals surface area contributed by atoms with E-state index in [-0.39, 0.29) is 0 Å². The highest BCUT2D eigenvalue weighted by atomic mass is 14.3. The molecular weight excluding hydrogens is 240 g/mol. The van der Waals surface area contributed by atoms with Crippen molar-refractivity contribution in [3.63, 3.8) is 0 Å². The van der Waals surface area contributed by atoms with Crippen molar-refractivity contribution in [3.8, 4) is 0 Å². The zero-order chi connectivity index (χ0) is 13.7. The van der Waals surface area contributed by atoms with Crippen LogP contribution < -0.4 is 0 Å². The molecule has 3 aromatic rings. The average molecular weight is 260 g/mol. The fraction of sp³-hybridized carbons (Fsp3) is 0.300. The van der Waals surface area contributed by atoms with Crippen molar-refractivity contribution >= 4 is 21.5 Å². The fourth-order valence-electron chi connectivity index (χ4n) is 4.10. The SMILES string of the molecule is CC1Cc2ccc3c(ccc4ccccc43)c2C(C)C1. The van der Waals surface area contributed by atoms with E-state index in [1.807, 2.05) is 0 Å². The molecule has 4 rings (SSSR count). The first kappa shape index (κ1) is 12.0. The third kappa shape index (κ3) is 1.67. The maximum atomic E-state index is 2.39. The second kappa shape index (κ2) is 4.34. The summed E-state index contributed by atoms with van der Waals surface area (Å²) in [6.45, 7) is 4.77. The number of fused-ring (bicyclic) bond motifs is 5. The lowest BCUT2D eigenvalue weighted by atomic mass is 9.76. The predicted octanol–water partition coefficient (Wildman–Crippen LogP) is 5.68. The highest BCUT2D eigenvalue weighted by Gasteiger charge is 2.23. The van der Waals surface area contributed by atoms with E-state index in [1.165, 1.54) is 34.4 Å². The summed E-state index contributed by atoms with van der Waals surface area (Å²) in [6, 6.07) is 18.0. The van der Waals surface area contributed by atoms with E-state index in [0.29, 0.717) is 5.92 Å². The van der Waals surface area contributed by atoms with Crippen LogP contribution in [0.15, 0.2) is 48.5 Å². The van der Waals surface area contributed by atoms with Gasteiger partial charge in [0.1, 0.15) is 0 Å². The van der Waals surface area contributed by atoms with Gasteiger partial charge in [-0.05, 0) is 57.3 Å². The largest absolute Gasteiger partial charge is 0.0622 e. The summed E-state index contributed by atoms with van der Waals surface area (Å²) in [5.74, 6) is 1.49. The van der Waals surface area contributed by atoms with Crippen LogP contribution in [0.25, 0.3) is 21.5 Å². The Morgan fingerprint density at radius 1 is 0.800 bits per heavy atom. The standard InChI is InChI=1S/C20H20/c1-13-11-14(2)20-16(12-13)8-9-18-17-6-4-3-5-15(17)7-10-19(18)20/h3-10,13-14H,11-12H2,1-2H3. The molecule has 1 aliphatic carbocycles. The molecule has 0 radical (unpaired) electrons. The second-order valence-electron chi connectivity index (χ2n) is 6.47. The van der Waals surface area contributed by atoms with Gasteiger partial charge in [0, 0.05) is 0 Å². The van der Waals surface area contributed by atoms with Gasteiger partial charge in [-0.3, -0.25) is 0 Å². The van der Waals surface area contributed by atoms with Crippen LogP contribution >= 0.6 is 0 Å². The van der Waals surface area contributed by atoms with Crippen LogP contribution in [0.4, 0.5) is 0 Å². The molecule has 100 valence electrons. The normalized spacial score (nSPS) is 22.1. The number of rotatable bonds is 0. The van der Waals surface area contributed by atoms with E-state index >= 15 is 0 Å². The van der Waals surface area contributed by atoms with E-state index in [9.17, 15) is 0 Å². The van der Waals surface area contributed by atoms with Crippen molar-refractivity contribution in [2.24, 2.45) is 5.92 Å². The van der Waals surface area contributed by atoms with Gasteiger partial charge in [-0.25, -0.2) is 0 Å². The van der Waals surface area contributed by atoms with Crippen molar-refractivity contribution in [2.75, 3.05) is 0 Å². The van der Waals surface area contributed by atoms with Gasteiger partial charge in [0.2, 0.25) is 0 Å². The van der Waals surface area contributed by atoms with Crippen LogP contribution in [0.5, 0.6) is 0 Å². The Labute approximate surface area is 120 Å². The zero-order valence-corrected chi connectivity index (χ0v) is 12.2. The highest BCUT2D eigenvalue weighted by molar-refractivity contribution is 6.08. The fourth-order valence-corrected chi connectivity index (χ4v) is 4.10. The van der Waals surface area contributed by atoms with Gasteiger partial charge in [0.25, 0.3) is 0 Å². The number of benzene rings is 3. The first-order valence-corrected chi connectivity index (χ1v) is 7.67. The third-order valence-corrected chi connectivity index (χ3v) is 4.88. The molecule has 1 aliphatic rings. The monoisotopic (exact) mass is 260 g/mol. The molecule has 2 atom stereocenters.